The van der Waals surface area contributed by atoms with Gasteiger partial charge in [0, 0.05) is 37.4 Å². The number of amides is 1. The molecular weight excluding hydrogens is 905 g/mol. The monoisotopic (exact) mass is 995 g/mol. The van der Waals surface area contributed by atoms with Crippen molar-refractivity contribution in [3.63, 3.8) is 0 Å². The normalized spacial score (nSPS) is 12.1. The molecule has 0 radical (unpaired) electrons. The Morgan fingerprint density at radius 3 is 1.54 bits per heavy atom. The lowest BCUT2D eigenvalue weighted by atomic mass is 9.93. The Labute approximate surface area is 418 Å². The number of nitrogens with one attached hydrogen (secondary N) is 1. The van der Waals surface area contributed by atoms with E-state index in [1.807, 2.05) is 0 Å². The van der Waals surface area contributed by atoms with Crippen LogP contribution in [0.15, 0.2) is 36.4 Å². The summed E-state index contributed by atoms with van der Waals surface area (Å²) in [5.74, 6) is 0.0413. The highest BCUT2D eigenvalue weighted by molar-refractivity contribution is 8.76. The van der Waals surface area contributed by atoms with Crippen LogP contribution in [0.25, 0.3) is 0 Å². The molecule has 0 saturated heterocycles. The van der Waals surface area contributed by atoms with Crippen molar-refractivity contribution < 1.29 is 52.4 Å². The molecule has 1 N–H and O–H groups in total. The van der Waals surface area contributed by atoms with Crippen LogP contribution in [0.4, 0.5) is 9.59 Å². The number of nitrogens with zero attached hydrogens (tertiary/aromatic N) is 1. The highest BCUT2D eigenvalue weighted by Gasteiger charge is 2.39. The lowest BCUT2D eigenvalue weighted by Crippen LogP contribution is -2.41. The van der Waals surface area contributed by atoms with E-state index in [1.165, 1.54) is 130 Å². The van der Waals surface area contributed by atoms with Gasteiger partial charge < -0.3 is 38.6 Å². The molecule has 1 rings (SSSR count). The van der Waals surface area contributed by atoms with Crippen LogP contribution in [-0.4, -0.2) is 99.2 Å². The highest BCUT2D eigenvalue weighted by atomic mass is 33.1. The summed E-state index contributed by atoms with van der Waals surface area (Å²) in [6.07, 6.45) is 29.0. The van der Waals surface area contributed by atoms with Crippen molar-refractivity contribution in [3.8, 4) is 11.5 Å². The molecule has 15 heteroatoms. The minimum absolute atomic E-state index is 0.0578. The van der Waals surface area contributed by atoms with Gasteiger partial charge in [-0.05, 0) is 82.8 Å². The Morgan fingerprint density at radius 1 is 0.559 bits per heavy atom. The second-order valence-corrected chi connectivity index (χ2v) is 20.3. The number of unbranched alkanes of at least 4 members (excludes halogenated alkanes) is 19. The van der Waals surface area contributed by atoms with Crippen LogP contribution in [0.5, 0.6) is 11.5 Å². The molecule has 68 heavy (non-hydrogen) atoms. The Morgan fingerprint density at radius 2 is 1.01 bits per heavy atom. The summed E-state index contributed by atoms with van der Waals surface area (Å²) in [7, 11) is 2.94. The van der Waals surface area contributed by atoms with E-state index in [0.29, 0.717) is 36.6 Å². The standard InChI is InChI=1S/C53H90N2O11S2/c1-6-10-12-14-16-18-19-20-21-22-23-25-26-28-30-32-48(56)63-44-53(5,50(58)61-40-42-67-68-43-41-62-51(59)54-38-39-55(8-3)9-4)45-64-52(60)66-47-36-34-46(35-37-47)65-49(57)33-31-29-27-24-17-15-13-11-7-2/h20-21,34-37H,6-19,22-33,38-45H2,1-5H3,(H,54,59)/b21-20-. The minimum Gasteiger partial charge on any atom is -0.464 e. The van der Waals surface area contributed by atoms with E-state index in [0.717, 1.165) is 77.4 Å². The topological polar surface area (TPSA) is 156 Å². The second kappa shape index (κ2) is 43.6. The molecule has 1 unspecified atom stereocenters. The van der Waals surface area contributed by atoms with Crippen LogP contribution in [0.2, 0.25) is 0 Å². The summed E-state index contributed by atoms with van der Waals surface area (Å²) in [6.45, 7) is 12.7. The molecular formula is C53H90N2O11S2. The summed E-state index contributed by atoms with van der Waals surface area (Å²) in [5, 5.41) is 2.75. The number of rotatable bonds is 44. The number of likely N-dealkylation sites (N-methyl/N-ethyl adjacent to an activating group) is 1. The predicted molar refractivity (Wildman–Crippen MR) is 277 cm³/mol. The van der Waals surface area contributed by atoms with Gasteiger partial charge in [-0.15, -0.1) is 0 Å². The maximum atomic E-state index is 13.4. The van der Waals surface area contributed by atoms with E-state index in [2.05, 4.69) is 50.1 Å². The van der Waals surface area contributed by atoms with Gasteiger partial charge in [0.2, 0.25) is 0 Å². The first-order valence-corrected chi connectivity index (χ1v) is 28.6. The van der Waals surface area contributed by atoms with E-state index >= 15 is 0 Å². The number of ether oxygens (including phenoxy) is 6. The van der Waals surface area contributed by atoms with Crippen molar-refractivity contribution in [2.45, 2.75) is 189 Å². The zero-order chi connectivity index (χ0) is 49.8. The summed E-state index contributed by atoms with van der Waals surface area (Å²) in [6, 6.07) is 6.03. The lowest BCUT2D eigenvalue weighted by molar-refractivity contribution is -0.165. The number of alkyl carbamates (subject to hydrolysis) is 1. The lowest BCUT2D eigenvalue weighted by Gasteiger charge is -2.26. The number of hydrogen-bond donors (Lipinski definition) is 1. The Hall–Kier alpha value is -3.43. The van der Waals surface area contributed by atoms with Crippen molar-refractivity contribution in [2.75, 3.05) is 64.1 Å². The fourth-order valence-electron chi connectivity index (χ4n) is 7.03. The number of allylic oxidation sites excluding steroid dienone is 2. The number of carbonyl (C=O) groups excluding carboxylic acids is 5. The van der Waals surface area contributed by atoms with Crippen LogP contribution in [-0.2, 0) is 33.3 Å². The zero-order valence-electron chi connectivity index (χ0n) is 42.8. The van der Waals surface area contributed by atoms with Crippen LogP contribution >= 0.6 is 21.6 Å². The first-order valence-electron chi connectivity index (χ1n) is 26.1. The molecule has 0 aromatic heterocycles. The van der Waals surface area contributed by atoms with Gasteiger partial charge in [-0.25, -0.2) is 9.59 Å². The number of esters is 3. The molecule has 0 saturated carbocycles. The van der Waals surface area contributed by atoms with E-state index in [-0.39, 0.29) is 38.0 Å². The SMILES string of the molecule is CCCCCCCC/C=C\CCCCCCCC(=O)OCC(C)(COC(=O)Oc1ccc(OC(=O)CCCCCCCCCCC)cc1)C(=O)OCCSSCCOC(=O)NCCN(CC)CC. The van der Waals surface area contributed by atoms with Gasteiger partial charge >= 0.3 is 30.2 Å². The largest absolute Gasteiger partial charge is 0.513 e. The smallest absolute Gasteiger partial charge is 0.464 e. The van der Waals surface area contributed by atoms with Crippen molar-refractivity contribution in [3.05, 3.63) is 36.4 Å². The first kappa shape index (κ1) is 62.6. The third kappa shape index (κ3) is 35.6. The summed E-state index contributed by atoms with van der Waals surface area (Å²) in [5.41, 5.74) is -1.51. The second-order valence-electron chi connectivity index (χ2n) is 17.6. The van der Waals surface area contributed by atoms with Gasteiger partial charge in [-0.1, -0.05) is 164 Å². The van der Waals surface area contributed by atoms with E-state index < -0.39 is 36.2 Å². The molecule has 1 amide bonds. The quantitative estimate of drug-likeness (QED) is 0.0125. The third-order valence-electron chi connectivity index (χ3n) is 11.4. The Balaban J connectivity index is 2.55. The molecule has 0 spiro atoms. The summed E-state index contributed by atoms with van der Waals surface area (Å²) >= 11 is 0. The first-order chi connectivity index (χ1) is 33.1. The predicted octanol–water partition coefficient (Wildman–Crippen LogP) is 13.6. The van der Waals surface area contributed by atoms with Crippen LogP contribution < -0.4 is 14.8 Å². The highest BCUT2D eigenvalue weighted by Crippen LogP contribution is 2.25. The average Bonchev–Trinajstić information content (AvgIpc) is 3.33. The average molecular weight is 995 g/mol. The fraction of sp³-hybridized carbons (Fsp3) is 0.755. The van der Waals surface area contributed by atoms with E-state index in [9.17, 15) is 24.0 Å². The van der Waals surface area contributed by atoms with Gasteiger partial charge in [0.25, 0.3) is 0 Å². The fourth-order valence-corrected chi connectivity index (χ4v) is 8.68. The van der Waals surface area contributed by atoms with Crippen LogP contribution in [0.3, 0.4) is 0 Å². The molecule has 13 nitrogen and oxygen atoms in total. The van der Waals surface area contributed by atoms with Crippen molar-refractivity contribution in [1.82, 2.24) is 10.2 Å². The maximum absolute atomic E-state index is 13.4. The van der Waals surface area contributed by atoms with Gasteiger partial charge in [0.1, 0.15) is 43.3 Å². The summed E-state index contributed by atoms with van der Waals surface area (Å²) in [4.78, 5) is 65.6. The van der Waals surface area contributed by atoms with Crippen LogP contribution in [0.1, 0.15) is 189 Å². The van der Waals surface area contributed by atoms with Crippen molar-refractivity contribution in [1.29, 1.82) is 0 Å². The molecule has 390 valence electrons. The Kier molecular flexibility index (Phi) is 40.1. The molecule has 1 aromatic carbocycles. The van der Waals surface area contributed by atoms with Gasteiger partial charge in [-0.3, -0.25) is 14.4 Å². The molecule has 0 heterocycles. The molecule has 1 atom stereocenters. The number of benzene rings is 1. The molecule has 0 fully saturated rings. The number of carbonyl (C=O) groups is 5. The zero-order valence-corrected chi connectivity index (χ0v) is 44.4. The third-order valence-corrected chi connectivity index (χ3v) is 13.7. The van der Waals surface area contributed by atoms with Gasteiger partial charge in [0.05, 0.1) is 0 Å². The molecule has 0 aliphatic rings. The maximum Gasteiger partial charge on any atom is 0.513 e. The molecule has 1 aromatic rings. The van der Waals surface area contributed by atoms with E-state index in [4.69, 9.17) is 28.4 Å². The minimum atomic E-state index is -1.51. The molecule has 0 aliphatic carbocycles. The molecule has 0 aliphatic heterocycles. The van der Waals surface area contributed by atoms with Crippen LogP contribution in [0, 0.1) is 5.41 Å². The van der Waals surface area contributed by atoms with Gasteiger partial charge in [-0.2, -0.15) is 0 Å². The van der Waals surface area contributed by atoms with E-state index in [1.54, 1.807) is 0 Å². The van der Waals surface area contributed by atoms with Crippen molar-refractivity contribution >= 4 is 51.7 Å². The Bertz CT molecular complexity index is 1480. The van der Waals surface area contributed by atoms with Gasteiger partial charge in [0.15, 0.2) is 0 Å². The molecule has 0 bridgehead atoms. The van der Waals surface area contributed by atoms with Crippen molar-refractivity contribution in [2.24, 2.45) is 5.41 Å². The number of hydrogen-bond acceptors (Lipinski definition) is 14. The summed E-state index contributed by atoms with van der Waals surface area (Å²) < 4.78 is 32.5.